The molecule has 0 unspecified atom stereocenters. The smallest absolute Gasteiger partial charge is 0.214 e. The van der Waals surface area contributed by atoms with Gasteiger partial charge in [-0.2, -0.15) is 0 Å². The summed E-state index contributed by atoms with van der Waals surface area (Å²) >= 11 is 0. The van der Waals surface area contributed by atoms with E-state index in [0.717, 1.165) is 25.8 Å². The molecule has 1 fully saturated rings. The number of hydrogen-bond donors (Lipinski definition) is 1. The van der Waals surface area contributed by atoms with Gasteiger partial charge in [0.1, 0.15) is 0 Å². The molecule has 0 saturated carbocycles. The van der Waals surface area contributed by atoms with E-state index >= 15 is 0 Å². The molecule has 0 aromatic rings. The molecular formula is C12H26N2O2S. The summed E-state index contributed by atoms with van der Waals surface area (Å²) < 4.78 is 25.8. The molecule has 5 heteroatoms. The van der Waals surface area contributed by atoms with Crippen LogP contribution >= 0.6 is 0 Å². The number of hydrogen-bond acceptors (Lipinski definition) is 3. The summed E-state index contributed by atoms with van der Waals surface area (Å²) in [5.74, 6) is 1.39. The first-order chi connectivity index (χ1) is 7.95. The first kappa shape index (κ1) is 14.9. The minimum atomic E-state index is -3.00. The molecule has 1 saturated heterocycles. The van der Waals surface area contributed by atoms with Crippen LogP contribution in [0.4, 0.5) is 0 Å². The monoisotopic (exact) mass is 262 g/mol. The Labute approximate surface area is 106 Å². The highest BCUT2D eigenvalue weighted by Crippen LogP contribution is 2.20. The predicted molar refractivity (Wildman–Crippen MR) is 71.5 cm³/mol. The van der Waals surface area contributed by atoms with Crippen LogP contribution in [0.25, 0.3) is 0 Å². The Morgan fingerprint density at radius 2 is 1.88 bits per heavy atom. The molecule has 0 aromatic carbocycles. The predicted octanol–water partition coefficient (Wildman–Crippen LogP) is 1.29. The maximum absolute atomic E-state index is 12.1. The van der Waals surface area contributed by atoms with Gasteiger partial charge in [0.2, 0.25) is 10.0 Å². The Balaban J connectivity index is 2.41. The van der Waals surface area contributed by atoms with Crippen molar-refractivity contribution in [2.45, 2.75) is 33.1 Å². The number of rotatable bonds is 6. The molecule has 0 amide bonds. The first-order valence-corrected chi connectivity index (χ1v) is 8.19. The molecule has 0 radical (unpaired) electrons. The van der Waals surface area contributed by atoms with Crippen molar-refractivity contribution >= 4 is 10.0 Å². The van der Waals surface area contributed by atoms with Crippen LogP contribution in [-0.2, 0) is 10.0 Å². The fourth-order valence-corrected chi connectivity index (χ4v) is 3.99. The molecule has 17 heavy (non-hydrogen) atoms. The van der Waals surface area contributed by atoms with E-state index in [2.05, 4.69) is 19.2 Å². The number of sulfonamides is 1. The van der Waals surface area contributed by atoms with E-state index in [9.17, 15) is 8.42 Å². The molecule has 4 nitrogen and oxygen atoms in total. The molecular weight excluding hydrogens is 236 g/mol. The second-order valence-electron chi connectivity index (χ2n) is 5.40. The Morgan fingerprint density at radius 3 is 2.35 bits per heavy atom. The average Bonchev–Trinajstić information content (AvgIpc) is 2.28. The molecule has 0 aliphatic carbocycles. The van der Waals surface area contributed by atoms with Crippen molar-refractivity contribution in [3.05, 3.63) is 0 Å². The minimum absolute atomic E-state index is 0.307. The maximum atomic E-state index is 12.1. The van der Waals surface area contributed by atoms with Gasteiger partial charge in [-0.25, -0.2) is 12.7 Å². The summed E-state index contributed by atoms with van der Waals surface area (Å²) in [6.07, 6.45) is 2.74. The molecule has 0 bridgehead atoms. The van der Waals surface area contributed by atoms with Crippen molar-refractivity contribution in [3.8, 4) is 0 Å². The average molecular weight is 262 g/mol. The van der Waals surface area contributed by atoms with Crippen molar-refractivity contribution in [3.63, 3.8) is 0 Å². The fourth-order valence-electron chi connectivity index (χ4n) is 2.19. The van der Waals surface area contributed by atoms with Crippen molar-refractivity contribution in [1.29, 1.82) is 0 Å². The highest BCUT2D eigenvalue weighted by atomic mass is 32.2. The third-order valence-corrected chi connectivity index (χ3v) is 5.32. The van der Waals surface area contributed by atoms with E-state index in [1.807, 2.05) is 7.05 Å². The lowest BCUT2D eigenvalue weighted by Crippen LogP contribution is -2.41. The second kappa shape index (κ2) is 6.71. The largest absolute Gasteiger partial charge is 0.319 e. The molecule has 1 rings (SSSR count). The molecule has 1 heterocycles. The van der Waals surface area contributed by atoms with E-state index in [1.54, 1.807) is 4.31 Å². The maximum Gasteiger partial charge on any atom is 0.214 e. The molecule has 0 spiro atoms. The van der Waals surface area contributed by atoms with Crippen LogP contribution in [0.3, 0.4) is 0 Å². The number of nitrogens with zero attached hydrogens (tertiary/aromatic N) is 1. The van der Waals surface area contributed by atoms with Crippen molar-refractivity contribution in [2.24, 2.45) is 11.8 Å². The Kier molecular flexibility index (Phi) is 5.89. The lowest BCUT2D eigenvalue weighted by molar-refractivity contribution is 0.270. The summed E-state index contributed by atoms with van der Waals surface area (Å²) in [5.41, 5.74) is 0. The van der Waals surface area contributed by atoms with Gasteiger partial charge in [0.25, 0.3) is 0 Å². The van der Waals surface area contributed by atoms with Crippen molar-refractivity contribution < 1.29 is 8.42 Å². The van der Waals surface area contributed by atoms with Crippen LogP contribution in [0, 0.1) is 11.8 Å². The minimum Gasteiger partial charge on any atom is -0.319 e. The topological polar surface area (TPSA) is 49.4 Å². The second-order valence-corrected chi connectivity index (χ2v) is 7.49. The lowest BCUT2D eigenvalue weighted by atomic mass is 9.98. The van der Waals surface area contributed by atoms with Crippen LogP contribution in [0.15, 0.2) is 0 Å². The number of nitrogens with one attached hydrogen (secondary N) is 1. The van der Waals surface area contributed by atoms with Gasteiger partial charge in [0.05, 0.1) is 5.75 Å². The van der Waals surface area contributed by atoms with Gasteiger partial charge in [-0.1, -0.05) is 13.8 Å². The van der Waals surface area contributed by atoms with Crippen LogP contribution in [0.1, 0.15) is 33.1 Å². The molecule has 0 aromatic heterocycles. The Morgan fingerprint density at radius 1 is 1.29 bits per heavy atom. The van der Waals surface area contributed by atoms with Gasteiger partial charge < -0.3 is 5.32 Å². The highest BCUT2D eigenvalue weighted by molar-refractivity contribution is 7.89. The normalized spacial score (nSPS) is 20.0. The zero-order valence-electron chi connectivity index (χ0n) is 11.3. The Hall–Kier alpha value is -0.130. The third-order valence-electron chi connectivity index (χ3n) is 3.41. The van der Waals surface area contributed by atoms with E-state index in [-0.39, 0.29) is 0 Å². The van der Waals surface area contributed by atoms with Gasteiger partial charge in [-0.15, -0.1) is 0 Å². The summed E-state index contributed by atoms with van der Waals surface area (Å²) in [6.45, 7) is 6.53. The van der Waals surface area contributed by atoms with E-state index in [1.165, 1.54) is 0 Å². The zero-order valence-corrected chi connectivity index (χ0v) is 12.1. The molecule has 102 valence electrons. The van der Waals surface area contributed by atoms with E-state index in [4.69, 9.17) is 0 Å². The van der Waals surface area contributed by atoms with Gasteiger partial charge in [0, 0.05) is 13.1 Å². The lowest BCUT2D eigenvalue weighted by Gasteiger charge is -2.31. The van der Waals surface area contributed by atoms with Gasteiger partial charge in [0.15, 0.2) is 0 Å². The summed E-state index contributed by atoms with van der Waals surface area (Å²) in [6, 6.07) is 0. The zero-order chi connectivity index (χ0) is 12.9. The Bertz CT molecular complexity index is 306. The fraction of sp³-hybridized carbons (Fsp3) is 1.00. The van der Waals surface area contributed by atoms with Gasteiger partial charge in [-0.05, 0) is 44.7 Å². The standard InChI is InChI=1S/C12H26N2O2S/c1-11(2)6-9-17(15,16)14-7-4-12(5-8-14)10-13-3/h11-13H,4-10H2,1-3H3. The SMILES string of the molecule is CNCC1CCN(S(=O)(=O)CCC(C)C)CC1. The van der Waals surface area contributed by atoms with Crippen molar-refractivity contribution in [1.82, 2.24) is 9.62 Å². The first-order valence-electron chi connectivity index (χ1n) is 6.58. The molecule has 1 aliphatic heterocycles. The van der Waals surface area contributed by atoms with Gasteiger partial charge >= 0.3 is 0 Å². The molecule has 0 atom stereocenters. The molecule has 1 N–H and O–H groups in total. The quantitative estimate of drug-likeness (QED) is 0.785. The van der Waals surface area contributed by atoms with Crippen LogP contribution in [0.2, 0.25) is 0 Å². The van der Waals surface area contributed by atoms with Crippen LogP contribution in [-0.4, -0.2) is 45.2 Å². The van der Waals surface area contributed by atoms with Crippen molar-refractivity contribution in [2.75, 3.05) is 32.4 Å². The summed E-state index contributed by atoms with van der Waals surface area (Å²) in [7, 11) is -1.05. The number of piperidine rings is 1. The summed E-state index contributed by atoms with van der Waals surface area (Å²) in [4.78, 5) is 0. The van der Waals surface area contributed by atoms with Crippen LogP contribution < -0.4 is 5.32 Å². The summed E-state index contributed by atoms with van der Waals surface area (Å²) in [5, 5.41) is 3.16. The van der Waals surface area contributed by atoms with Crippen LogP contribution in [0.5, 0.6) is 0 Å². The highest BCUT2D eigenvalue weighted by Gasteiger charge is 2.27. The van der Waals surface area contributed by atoms with Gasteiger partial charge in [-0.3, -0.25) is 0 Å². The van der Waals surface area contributed by atoms with E-state index < -0.39 is 10.0 Å². The van der Waals surface area contributed by atoms with E-state index in [0.29, 0.717) is 30.7 Å². The third kappa shape index (κ3) is 4.94. The molecule has 1 aliphatic rings.